The quantitative estimate of drug-likeness (QED) is 0.0674. The van der Waals surface area contributed by atoms with E-state index in [0.29, 0.717) is 0 Å². The molecule has 58 heavy (non-hydrogen) atoms. The molecule has 0 aliphatic carbocycles. The summed E-state index contributed by atoms with van der Waals surface area (Å²) in [6.07, 6.45) is 13.9. The number of benzene rings is 9. The molecule has 0 aliphatic rings. The third kappa shape index (κ3) is 11.3. The van der Waals surface area contributed by atoms with Crippen molar-refractivity contribution in [3.05, 3.63) is 254 Å². The van der Waals surface area contributed by atoms with Crippen molar-refractivity contribution in [2.24, 2.45) is 0 Å². The van der Waals surface area contributed by atoms with Crippen LogP contribution in [0.25, 0.3) is 21.5 Å². The van der Waals surface area contributed by atoms with Crippen LogP contribution in [0.15, 0.2) is 231 Å². The van der Waals surface area contributed by atoms with Crippen LogP contribution in [0.3, 0.4) is 0 Å². The van der Waals surface area contributed by atoms with Crippen molar-refractivity contribution in [2.75, 3.05) is 0 Å². The molecule has 0 amide bonds. The van der Waals surface area contributed by atoms with Crippen LogP contribution in [-0.2, 0) is 44.8 Å². The zero-order valence-corrected chi connectivity index (χ0v) is 37.2. The Morgan fingerprint density at radius 3 is 0.845 bits per heavy atom. The summed E-state index contributed by atoms with van der Waals surface area (Å²) < 4.78 is 0. The Bertz CT molecular complexity index is 2450. The van der Waals surface area contributed by atoms with Crippen LogP contribution in [-0.4, -0.2) is 0 Å². The van der Waals surface area contributed by atoms with E-state index in [0.717, 1.165) is 21.9 Å². The molecule has 0 aromatic heterocycles. The van der Waals surface area contributed by atoms with Gasteiger partial charge in [-0.1, -0.05) is 146 Å². The molecule has 9 aromatic carbocycles. The molecule has 0 heterocycles. The zero-order chi connectivity index (χ0) is 38.4. The van der Waals surface area contributed by atoms with E-state index in [2.05, 4.69) is 170 Å². The van der Waals surface area contributed by atoms with E-state index in [4.69, 9.17) is 12.8 Å². The van der Waals surface area contributed by atoms with Gasteiger partial charge in [0.15, 0.2) is 0 Å². The fourth-order valence-corrected chi connectivity index (χ4v) is 12.8. The molecule has 9 aromatic rings. The van der Waals surface area contributed by atoms with Crippen molar-refractivity contribution < 1.29 is 44.8 Å². The van der Waals surface area contributed by atoms with Crippen LogP contribution in [0.4, 0.5) is 0 Å². The van der Waals surface area contributed by atoms with Gasteiger partial charge in [0.2, 0.25) is 0 Å². The van der Waals surface area contributed by atoms with Crippen LogP contribution in [0.5, 0.6) is 0 Å². The molecule has 286 valence electrons. The fraction of sp³-hybridized carbons (Fsp3) is 0. The van der Waals surface area contributed by atoms with E-state index >= 15 is 0 Å². The normalized spacial score (nSPS) is 10.1. The van der Waals surface area contributed by atoms with Gasteiger partial charge in [0, 0.05) is 0 Å². The first-order valence-corrected chi connectivity index (χ1v) is 21.6. The minimum atomic E-state index is -1.14. The molecule has 0 saturated carbocycles. The number of rotatable bonds is 6. The van der Waals surface area contributed by atoms with Crippen LogP contribution in [0.1, 0.15) is 11.1 Å². The van der Waals surface area contributed by atoms with Crippen molar-refractivity contribution in [2.45, 2.75) is 0 Å². The maximum atomic E-state index is 6.97. The van der Waals surface area contributed by atoms with Gasteiger partial charge in [0.05, 0.1) is 0 Å². The standard InChI is InChI=1S/C30H24P2.2C12H7.Ag.Au/c1-5-15-25(16-6-1)31(26-17-7-2-8-18-26)29-23-13-14-24-30(29)32(27-19-9-3-10-20-27)28-21-11-4-12-22-28;2*1-2-10-7-8-11-5-3-4-6-12(11)9-10;;/h1-24H;2*3-9H;;/q;2*-1;2*+1/p+2. The summed E-state index contributed by atoms with van der Waals surface area (Å²) >= 11 is 0. The fourth-order valence-electron chi connectivity index (χ4n) is 6.83. The number of hydrogen-bond acceptors (Lipinski definition) is 0. The van der Waals surface area contributed by atoms with E-state index in [1.54, 1.807) is 0 Å². The molecule has 0 saturated heterocycles. The second kappa shape index (κ2) is 22.8. The first kappa shape index (κ1) is 44.1. The molecule has 0 atom stereocenters. The van der Waals surface area contributed by atoms with Crippen LogP contribution < -0.4 is 31.8 Å². The maximum Gasteiger partial charge on any atom is 1.00 e. The summed E-state index contributed by atoms with van der Waals surface area (Å²) in [5.41, 5.74) is 1.66. The third-order valence-electron chi connectivity index (χ3n) is 9.50. The molecule has 0 N–H and O–H groups in total. The van der Waals surface area contributed by atoms with Gasteiger partial charge in [-0.3, -0.25) is 11.8 Å². The Kier molecular flexibility index (Phi) is 17.3. The Balaban J connectivity index is 0.000000201. The molecule has 0 aliphatic heterocycles. The Hall–Kier alpha value is -5.04. The molecule has 0 unspecified atom stereocenters. The van der Waals surface area contributed by atoms with Crippen LogP contribution in [0.2, 0.25) is 0 Å². The molecule has 0 fully saturated rings. The van der Waals surface area contributed by atoms with Gasteiger partial charge in [-0.2, -0.15) is 0 Å². The van der Waals surface area contributed by atoms with E-state index in [9.17, 15) is 0 Å². The van der Waals surface area contributed by atoms with Crippen LogP contribution >= 0.6 is 15.8 Å². The van der Waals surface area contributed by atoms with Crippen molar-refractivity contribution in [3.8, 4) is 11.8 Å². The van der Waals surface area contributed by atoms with Gasteiger partial charge in [0.25, 0.3) is 0 Å². The summed E-state index contributed by atoms with van der Waals surface area (Å²) in [5.74, 6) is 4.74. The number of hydrogen-bond donors (Lipinski definition) is 0. The van der Waals surface area contributed by atoms with Gasteiger partial charge < -0.3 is 12.8 Å². The van der Waals surface area contributed by atoms with Crippen LogP contribution in [0, 0.1) is 24.7 Å². The zero-order valence-electron chi connectivity index (χ0n) is 31.5. The number of fused-ring (bicyclic) bond motifs is 2. The molecule has 0 radical (unpaired) electrons. The Labute approximate surface area is 377 Å². The topological polar surface area (TPSA) is 0 Å². The Morgan fingerprint density at radius 2 is 0.552 bits per heavy atom. The smallest absolute Gasteiger partial charge is 0.366 e. The molecular weight excluding hydrogens is 1020 g/mol. The molecule has 0 bridgehead atoms. The predicted molar refractivity (Wildman–Crippen MR) is 247 cm³/mol. The van der Waals surface area contributed by atoms with Gasteiger partial charge in [-0.25, -0.2) is 0 Å². The van der Waals surface area contributed by atoms with Crippen molar-refractivity contribution in [1.82, 2.24) is 0 Å². The second-order valence-electron chi connectivity index (χ2n) is 13.1. The summed E-state index contributed by atoms with van der Waals surface area (Å²) in [6.45, 7) is 0. The first-order chi connectivity index (χ1) is 27.7. The van der Waals surface area contributed by atoms with E-state index in [1.807, 2.05) is 72.8 Å². The summed E-state index contributed by atoms with van der Waals surface area (Å²) in [5, 5.41) is 13.4. The Morgan fingerprint density at radius 1 is 0.293 bits per heavy atom. The second-order valence-corrected chi connectivity index (χ2v) is 18.0. The van der Waals surface area contributed by atoms with Crippen molar-refractivity contribution >= 4 is 69.2 Å². The van der Waals surface area contributed by atoms with Gasteiger partial charge >= 0.3 is 44.8 Å². The van der Waals surface area contributed by atoms with Gasteiger partial charge in [-0.05, 0) is 82.2 Å². The molecule has 0 nitrogen and oxygen atoms in total. The maximum absolute atomic E-state index is 6.97. The third-order valence-corrected chi connectivity index (χ3v) is 15.3. The summed E-state index contributed by atoms with van der Waals surface area (Å²) in [7, 11) is -2.28. The minimum absolute atomic E-state index is 0. The summed E-state index contributed by atoms with van der Waals surface area (Å²) in [6, 6.07) is 81.4. The summed E-state index contributed by atoms with van der Waals surface area (Å²) in [4.78, 5) is 0. The molecular formula is C54H40AgAuP2+2. The van der Waals surface area contributed by atoms with Gasteiger partial charge in [0.1, 0.15) is 47.7 Å². The molecule has 9 rings (SSSR count). The monoisotopic (exact) mass is 1050 g/mol. The van der Waals surface area contributed by atoms with E-state index < -0.39 is 15.8 Å². The molecule has 0 spiro atoms. The average Bonchev–Trinajstić information content (AvgIpc) is 3.28. The van der Waals surface area contributed by atoms with Gasteiger partial charge in [-0.15, -0.1) is 35.4 Å². The SMILES string of the molecule is [Ag+].[Au+].[C-]#Cc1ccc2ccccc2c1.[C-]#Cc1ccc2ccccc2c1.c1ccc([PH+](c2ccccc2)c2ccccc2[PH+](c2ccccc2)c2ccccc2)cc1. The van der Waals surface area contributed by atoms with E-state index in [-0.39, 0.29) is 44.8 Å². The minimum Gasteiger partial charge on any atom is -0.366 e. The first-order valence-electron chi connectivity index (χ1n) is 18.6. The van der Waals surface area contributed by atoms with Crippen molar-refractivity contribution in [1.29, 1.82) is 0 Å². The average molecular weight is 1060 g/mol. The van der Waals surface area contributed by atoms with E-state index in [1.165, 1.54) is 42.6 Å². The molecule has 4 heteroatoms. The predicted octanol–water partition coefficient (Wildman–Crippen LogP) is 10.2. The van der Waals surface area contributed by atoms with Crippen molar-refractivity contribution in [3.63, 3.8) is 0 Å². The largest absolute Gasteiger partial charge is 1.00 e.